The van der Waals surface area contributed by atoms with Crippen molar-refractivity contribution in [2.24, 2.45) is 0 Å². The first-order chi connectivity index (χ1) is 15.2. The first-order valence-electron chi connectivity index (χ1n) is 9.29. The molecule has 9 nitrogen and oxygen atoms in total. The second-order valence-corrected chi connectivity index (χ2v) is 7.50. The van der Waals surface area contributed by atoms with E-state index in [1.54, 1.807) is 19.2 Å². The van der Waals surface area contributed by atoms with Crippen LogP contribution in [0.4, 0.5) is 0 Å². The normalized spacial score (nSPS) is 12.2. The molecule has 5 rings (SSSR count). The Labute approximate surface area is 180 Å². The number of thioether (sulfide) groups is 1. The van der Waals surface area contributed by atoms with Crippen LogP contribution in [-0.4, -0.2) is 34.0 Å². The number of H-pyrrole nitrogens is 1. The van der Waals surface area contributed by atoms with E-state index in [0.717, 1.165) is 11.1 Å². The van der Waals surface area contributed by atoms with Crippen LogP contribution in [0.2, 0.25) is 0 Å². The minimum Gasteiger partial charge on any atom is -0.497 e. The highest BCUT2D eigenvalue weighted by Crippen LogP contribution is 2.35. The van der Waals surface area contributed by atoms with Crippen molar-refractivity contribution in [2.45, 2.75) is 10.9 Å². The summed E-state index contributed by atoms with van der Waals surface area (Å²) < 4.78 is 21.3. The average molecular weight is 436 g/mol. The molecule has 0 amide bonds. The number of fused-ring (bicyclic) bond motifs is 1. The van der Waals surface area contributed by atoms with Crippen molar-refractivity contribution in [1.82, 2.24) is 20.1 Å². The quantitative estimate of drug-likeness (QED) is 0.358. The van der Waals surface area contributed by atoms with Gasteiger partial charge in [-0.15, -0.1) is 0 Å². The van der Waals surface area contributed by atoms with Gasteiger partial charge in [0.05, 0.1) is 18.6 Å². The molecule has 0 radical (unpaired) electrons. The molecule has 31 heavy (non-hydrogen) atoms. The van der Waals surface area contributed by atoms with Crippen LogP contribution in [0.1, 0.15) is 5.89 Å². The Kier molecular flexibility index (Phi) is 5.04. The van der Waals surface area contributed by atoms with Crippen LogP contribution in [0, 0.1) is 0 Å². The first kappa shape index (κ1) is 19.2. The van der Waals surface area contributed by atoms with Crippen LogP contribution in [0.3, 0.4) is 0 Å². The second kappa shape index (κ2) is 8.15. The van der Waals surface area contributed by atoms with Gasteiger partial charge in [-0.2, -0.15) is 4.98 Å². The molecule has 0 spiro atoms. The summed E-state index contributed by atoms with van der Waals surface area (Å²) in [7, 11) is 1.59. The van der Waals surface area contributed by atoms with Crippen LogP contribution in [0.25, 0.3) is 22.6 Å². The number of aromatic amines is 1. The van der Waals surface area contributed by atoms with Gasteiger partial charge in [-0.05, 0) is 30.3 Å². The summed E-state index contributed by atoms with van der Waals surface area (Å²) in [4.78, 5) is 23.8. The number of benzene rings is 2. The summed E-state index contributed by atoms with van der Waals surface area (Å²) in [5.74, 6) is 3.23. The number of methoxy groups -OCH3 is 1. The van der Waals surface area contributed by atoms with E-state index >= 15 is 0 Å². The summed E-state index contributed by atoms with van der Waals surface area (Å²) >= 11 is 1.30. The van der Waals surface area contributed by atoms with Gasteiger partial charge in [0.2, 0.25) is 18.5 Å². The fourth-order valence-corrected chi connectivity index (χ4v) is 3.74. The molecular formula is C21H16N4O5S. The Morgan fingerprint density at radius 1 is 1.06 bits per heavy atom. The summed E-state index contributed by atoms with van der Waals surface area (Å²) in [6.45, 7) is 0.201. The monoisotopic (exact) mass is 436 g/mol. The number of rotatable bonds is 6. The minimum atomic E-state index is -0.248. The first-order valence-corrected chi connectivity index (χ1v) is 10.3. The van der Waals surface area contributed by atoms with Gasteiger partial charge in [-0.25, -0.2) is 4.98 Å². The molecule has 0 fully saturated rings. The van der Waals surface area contributed by atoms with Crippen molar-refractivity contribution in [1.29, 1.82) is 0 Å². The molecule has 4 aromatic rings. The predicted octanol–water partition coefficient (Wildman–Crippen LogP) is 3.52. The topological polar surface area (TPSA) is 112 Å². The number of hydrogen-bond acceptors (Lipinski definition) is 9. The summed E-state index contributed by atoms with van der Waals surface area (Å²) in [5, 5.41) is 4.48. The van der Waals surface area contributed by atoms with E-state index in [1.807, 2.05) is 30.3 Å². The minimum absolute atomic E-state index is 0.201. The maximum Gasteiger partial charge on any atom is 0.252 e. The molecule has 0 saturated heterocycles. The standard InChI is InChI=1S/C21H16N4O5S/c1-27-14-4-2-3-12(7-14)15-9-18(26)23-21(22-15)31-10-19-24-20(25-30-19)13-5-6-16-17(8-13)29-11-28-16/h2-9H,10-11H2,1H3,(H,22,23,26). The number of nitrogens with one attached hydrogen (secondary N) is 1. The highest BCUT2D eigenvalue weighted by Gasteiger charge is 2.17. The van der Waals surface area contributed by atoms with Crippen molar-refractivity contribution in [3.05, 3.63) is 64.8 Å². The third-order valence-corrected chi connectivity index (χ3v) is 5.37. The molecular weight excluding hydrogens is 420 g/mol. The molecule has 0 bridgehead atoms. The molecule has 156 valence electrons. The van der Waals surface area contributed by atoms with Crippen LogP contribution in [0.5, 0.6) is 17.2 Å². The van der Waals surface area contributed by atoms with Crippen molar-refractivity contribution in [2.75, 3.05) is 13.9 Å². The van der Waals surface area contributed by atoms with Gasteiger partial charge in [-0.3, -0.25) is 4.79 Å². The van der Waals surface area contributed by atoms with Crippen LogP contribution >= 0.6 is 11.8 Å². The van der Waals surface area contributed by atoms with Crippen LogP contribution < -0.4 is 19.8 Å². The fraction of sp³-hybridized carbons (Fsp3) is 0.143. The molecule has 3 heterocycles. The van der Waals surface area contributed by atoms with E-state index in [1.165, 1.54) is 17.8 Å². The zero-order valence-corrected chi connectivity index (χ0v) is 17.1. The highest BCUT2D eigenvalue weighted by atomic mass is 32.2. The summed E-state index contributed by atoms with van der Waals surface area (Å²) in [5.41, 5.74) is 1.85. The number of nitrogens with zero attached hydrogens (tertiary/aromatic N) is 3. The van der Waals surface area contributed by atoms with Crippen molar-refractivity contribution in [3.8, 4) is 39.9 Å². The lowest BCUT2D eigenvalue weighted by Crippen LogP contribution is -2.08. The van der Waals surface area contributed by atoms with E-state index < -0.39 is 0 Å². The van der Waals surface area contributed by atoms with Crippen LogP contribution in [0.15, 0.2) is 63.0 Å². The molecule has 2 aromatic carbocycles. The zero-order valence-electron chi connectivity index (χ0n) is 16.3. The number of hydrogen-bond donors (Lipinski definition) is 1. The highest BCUT2D eigenvalue weighted by molar-refractivity contribution is 7.98. The molecule has 0 unspecified atom stereocenters. The SMILES string of the molecule is COc1cccc(-c2cc(=O)[nH]c(SCc3nc(-c4ccc5c(c4)OCO5)no3)n2)c1. The Bertz CT molecular complexity index is 1300. The van der Waals surface area contributed by atoms with E-state index in [9.17, 15) is 4.79 Å². The smallest absolute Gasteiger partial charge is 0.252 e. The van der Waals surface area contributed by atoms with Gasteiger partial charge in [0, 0.05) is 17.2 Å². The predicted molar refractivity (Wildman–Crippen MR) is 112 cm³/mol. The van der Waals surface area contributed by atoms with E-state index in [-0.39, 0.29) is 12.4 Å². The lowest BCUT2D eigenvalue weighted by atomic mass is 10.1. The maximum absolute atomic E-state index is 12.1. The van der Waals surface area contributed by atoms with Crippen molar-refractivity contribution >= 4 is 11.8 Å². The van der Waals surface area contributed by atoms with Gasteiger partial charge in [0.1, 0.15) is 5.75 Å². The van der Waals surface area contributed by atoms with Crippen molar-refractivity contribution in [3.63, 3.8) is 0 Å². The Morgan fingerprint density at radius 3 is 2.87 bits per heavy atom. The second-order valence-electron chi connectivity index (χ2n) is 6.54. The molecule has 0 atom stereocenters. The van der Waals surface area contributed by atoms with Crippen LogP contribution in [-0.2, 0) is 5.75 Å². The van der Waals surface area contributed by atoms with Gasteiger partial charge in [-0.1, -0.05) is 29.1 Å². The van der Waals surface area contributed by atoms with Gasteiger partial charge in [0.15, 0.2) is 16.7 Å². The average Bonchev–Trinajstić information content (AvgIpc) is 3.46. The molecule has 0 aliphatic carbocycles. The third kappa shape index (κ3) is 4.10. The largest absolute Gasteiger partial charge is 0.497 e. The van der Waals surface area contributed by atoms with E-state index in [2.05, 4.69) is 20.1 Å². The Hall–Kier alpha value is -3.79. The van der Waals surface area contributed by atoms with Gasteiger partial charge >= 0.3 is 0 Å². The van der Waals surface area contributed by atoms with E-state index in [4.69, 9.17) is 18.7 Å². The molecule has 0 saturated carbocycles. The molecule has 2 aromatic heterocycles. The third-order valence-electron chi connectivity index (χ3n) is 4.52. The zero-order chi connectivity index (χ0) is 21.2. The number of ether oxygens (including phenoxy) is 3. The molecule has 1 aliphatic rings. The lowest BCUT2D eigenvalue weighted by Gasteiger charge is -2.05. The molecule has 10 heteroatoms. The van der Waals surface area contributed by atoms with E-state index in [0.29, 0.717) is 45.6 Å². The van der Waals surface area contributed by atoms with Crippen molar-refractivity contribution < 1.29 is 18.7 Å². The fourth-order valence-electron chi connectivity index (χ4n) is 3.03. The summed E-state index contributed by atoms with van der Waals surface area (Å²) in [6.07, 6.45) is 0. The number of aromatic nitrogens is 4. The summed E-state index contributed by atoms with van der Waals surface area (Å²) in [6, 6.07) is 14.3. The Morgan fingerprint density at radius 2 is 1.97 bits per heavy atom. The van der Waals surface area contributed by atoms with Gasteiger partial charge < -0.3 is 23.7 Å². The van der Waals surface area contributed by atoms with Gasteiger partial charge in [0.25, 0.3) is 5.56 Å². The molecule has 1 N–H and O–H groups in total. The molecule has 1 aliphatic heterocycles. The maximum atomic E-state index is 12.1. The Balaban J connectivity index is 1.32. The lowest BCUT2D eigenvalue weighted by molar-refractivity contribution is 0.174.